The molecule has 0 aliphatic carbocycles. The highest BCUT2D eigenvalue weighted by Gasteiger charge is 2.41. The summed E-state index contributed by atoms with van der Waals surface area (Å²) >= 11 is 3.35. The number of aliphatic carboxylic acids is 1. The van der Waals surface area contributed by atoms with E-state index in [1.807, 2.05) is 12.1 Å². The summed E-state index contributed by atoms with van der Waals surface area (Å²) in [5.41, 5.74) is 0.836. The molecule has 0 radical (unpaired) electrons. The fraction of sp³-hybridized carbons (Fsp3) is 0.389. The number of amides is 1. The standard InChI is InChI=1S/C18H20BrNO5/c1-11(21)15-16(12-6-8-13(19)9-7-12)20(18(25)17(15)24)10-4-2-3-5-14(22)23/h6-9,16,24H,2-5,10H2,1H3,(H,22,23)/p-1/t16-/m1/s1. The highest BCUT2D eigenvalue weighted by Crippen LogP contribution is 2.38. The largest absolute Gasteiger partial charge is 0.550 e. The van der Waals surface area contributed by atoms with Gasteiger partial charge in [-0.3, -0.25) is 9.59 Å². The summed E-state index contributed by atoms with van der Waals surface area (Å²) in [6.45, 7) is 1.65. The number of carboxylic acids is 1. The molecular weight excluding hydrogens is 390 g/mol. The van der Waals surface area contributed by atoms with Crippen molar-refractivity contribution in [2.75, 3.05) is 6.54 Å². The number of Topliss-reactive ketones (excluding diaryl/α,β-unsaturated/α-hetero) is 1. The minimum Gasteiger partial charge on any atom is -0.550 e. The van der Waals surface area contributed by atoms with Gasteiger partial charge in [-0.05, 0) is 43.9 Å². The molecule has 0 saturated carbocycles. The summed E-state index contributed by atoms with van der Waals surface area (Å²) < 4.78 is 0.868. The van der Waals surface area contributed by atoms with Crippen LogP contribution in [0.2, 0.25) is 0 Å². The lowest BCUT2D eigenvalue weighted by Gasteiger charge is -2.26. The van der Waals surface area contributed by atoms with Crippen LogP contribution in [0.15, 0.2) is 40.1 Å². The average Bonchev–Trinajstić information content (AvgIpc) is 2.80. The number of ketones is 1. The van der Waals surface area contributed by atoms with Gasteiger partial charge in [-0.25, -0.2) is 0 Å². The van der Waals surface area contributed by atoms with Crippen LogP contribution >= 0.6 is 15.9 Å². The molecule has 1 aromatic rings. The number of halogens is 1. The lowest BCUT2D eigenvalue weighted by molar-refractivity contribution is -0.305. The highest BCUT2D eigenvalue weighted by molar-refractivity contribution is 9.10. The van der Waals surface area contributed by atoms with E-state index in [0.29, 0.717) is 25.8 Å². The summed E-state index contributed by atoms with van der Waals surface area (Å²) in [7, 11) is 0. The van der Waals surface area contributed by atoms with Crippen LogP contribution in [-0.2, 0) is 14.4 Å². The third-order valence-corrected chi connectivity index (χ3v) is 4.68. The Hall–Kier alpha value is -2.15. The molecule has 0 saturated heterocycles. The topological polar surface area (TPSA) is 97.7 Å². The Morgan fingerprint density at radius 2 is 1.84 bits per heavy atom. The van der Waals surface area contributed by atoms with Crippen LogP contribution < -0.4 is 5.11 Å². The lowest BCUT2D eigenvalue weighted by Crippen LogP contribution is -2.32. The van der Waals surface area contributed by atoms with Crippen LogP contribution in [0.4, 0.5) is 0 Å². The molecule has 0 aromatic heterocycles. The van der Waals surface area contributed by atoms with Gasteiger partial charge < -0.3 is 19.9 Å². The number of aliphatic hydroxyl groups is 1. The number of hydrogen-bond donors (Lipinski definition) is 1. The number of hydrogen-bond acceptors (Lipinski definition) is 5. The van der Waals surface area contributed by atoms with E-state index < -0.39 is 23.7 Å². The Labute approximate surface area is 154 Å². The monoisotopic (exact) mass is 408 g/mol. The molecule has 134 valence electrons. The first-order valence-corrected chi connectivity index (χ1v) is 8.82. The molecule has 0 unspecified atom stereocenters. The molecule has 1 aliphatic heterocycles. The van der Waals surface area contributed by atoms with E-state index in [1.165, 1.54) is 11.8 Å². The third-order valence-electron chi connectivity index (χ3n) is 4.15. The fourth-order valence-electron chi connectivity index (χ4n) is 2.96. The molecule has 0 spiro atoms. The maximum atomic E-state index is 12.4. The van der Waals surface area contributed by atoms with Crippen LogP contribution in [-0.4, -0.2) is 34.2 Å². The molecule has 25 heavy (non-hydrogen) atoms. The number of benzene rings is 1. The van der Waals surface area contributed by atoms with Gasteiger partial charge >= 0.3 is 0 Å². The summed E-state index contributed by atoms with van der Waals surface area (Å²) in [6.07, 6.45) is 1.63. The minimum absolute atomic E-state index is 0.0215. The number of carboxylic acid groups (broad SMARTS) is 1. The zero-order valence-electron chi connectivity index (χ0n) is 13.8. The van der Waals surface area contributed by atoms with Crippen LogP contribution in [0, 0.1) is 0 Å². The second-order valence-electron chi connectivity index (χ2n) is 5.95. The molecule has 2 rings (SSSR count). The molecule has 6 nitrogen and oxygen atoms in total. The van der Waals surface area contributed by atoms with Gasteiger partial charge in [0.25, 0.3) is 5.91 Å². The van der Waals surface area contributed by atoms with E-state index in [4.69, 9.17) is 0 Å². The Kier molecular flexibility index (Phi) is 6.36. The van der Waals surface area contributed by atoms with E-state index >= 15 is 0 Å². The summed E-state index contributed by atoms with van der Waals surface area (Å²) in [4.78, 5) is 36.3. The molecule has 7 heteroatoms. The van der Waals surface area contributed by atoms with E-state index in [-0.39, 0.29) is 17.8 Å². The van der Waals surface area contributed by atoms with Crippen LogP contribution in [0.1, 0.15) is 44.2 Å². The van der Waals surface area contributed by atoms with Crippen molar-refractivity contribution < 1.29 is 24.6 Å². The predicted octanol–water partition coefficient (Wildman–Crippen LogP) is 2.04. The van der Waals surface area contributed by atoms with E-state index in [1.54, 1.807) is 12.1 Å². The first kappa shape index (κ1) is 19.2. The highest BCUT2D eigenvalue weighted by atomic mass is 79.9. The van der Waals surface area contributed by atoms with Gasteiger partial charge in [0.15, 0.2) is 11.5 Å². The van der Waals surface area contributed by atoms with E-state index in [9.17, 15) is 24.6 Å². The van der Waals surface area contributed by atoms with E-state index in [0.717, 1.165) is 10.0 Å². The molecule has 1 amide bonds. The van der Waals surface area contributed by atoms with Crippen molar-refractivity contribution in [2.45, 2.75) is 38.6 Å². The van der Waals surface area contributed by atoms with Gasteiger partial charge in [-0.1, -0.05) is 34.5 Å². The zero-order valence-corrected chi connectivity index (χ0v) is 15.4. The van der Waals surface area contributed by atoms with Crippen molar-refractivity contribution in [3.05, 3.63) is 45.6 Å². The number of unbranched alkanes of at least 4 members (excludes halogenated alkanes) is 2. The van der Waals surface area contributed by atoms with Crippen molar-refractivity contribution in [3.63, 3.8) is 0 Å². The number of rotatable bonds is 8. The average molecular weight is 409 g/mol. The number of carbonyl (C=O) groups excluding carboxylic acids is 3. The fourth-order valence-corrected chi connectivity index (χ4v) is 3.23. The third kappa shape index (κ3) is 4.48. The Balaban J connectivity index is 2.19. The first-order chi connectivity index (χ1) is 11.8. The molecular formula is C18H19BrNO5-. The molecule has 1 aliphatic rings. The van der Waals surface area contributed by atoms with Gasteiger partial charge in [0.1, 0.15) is 0 Å². The Bertz CT molecular complexity index is 711. The van der Waals surface area contributed by atoms with Gasteiger partial charge in [0.2, 0.25) is 0 Å². The van der Waals surface area contributed by atoms with Gasteiger partial charge in [0, 0.05) is 17.0 Å². The smallest absolute Gasteiger partial charge is 0.290 e. The summed E-state index contributed by atoms with van der Waals surface area (Å²) in [6, 6.07) is 6.59. The maximum Gasteiger partial charge on any atom is 0.290 e. The maximum absolute atomic E-state index is 12.4. The lowest BCUT2D eigenvalue weighted by atomic mass is 9.96. The number of nitrogens with zero attached hydrogens (tertiary/aromatic N) is 1. The molecule has 1 heterocycles. The van der Waals surface area contributed by atoms with Crippen molar-refractivity contribution in [1.82, 2.24) is 4.90 Å². The van der Waals surface area contributed by atoms with Crippen LogP contribution in [0.5, 0.6) is 0 Å². The molecule has 0 fully saturated rings. The minimum atomic E-state index is -1.09. The van der Waals surface area contributed by atoms with E-state index in [2.05, 4.69) is 15.9 Å². The SMILES string of the molecule is CC(=O)C1=C(O)C(=O)N(CCCCCC(=O)[O-])[C@@H]1c1ccc(Br)cc1. The second kappa shape index (κ2) is 8.29. The van der Waals surface area contributed by atoms with Gasteiger partial charge in [-0.15, -0.1) is 0 Å². The first-order valence-electron chi connectivity index (χ1n) is 8.03. The molecule has 1 N–H and O–H groups in total. The van der Waals surface area contributed by atoms with Gasteiger partial charge in [0.05, 0.1) is 11.6 Å². The Morgan fingerprint density at radius 3 is 2.40 bits per heavy atom. The van der Waals surface area contributed by atoms with Crippen molar-refractivity contribution in [3.8, 4) is 0 Å². The number of carbonyl (C=O) groups is 3. The molecule has 0 bridgehead atoms. The second-order valence-corrected chi connectivity index (χ2v) is 6.87. The van der Waals surface area contributed by atoms with Crippen molar-refractivity contribution >= 4 is 33.6 Å². The Morgan fingerprint density at radius 1 is 1.20 bits per heavy atom. The summed E-state index contributed by atoms with van der Waals surface area (Å²) in [5.74, 6) is -2.52. The zero-order chi connectivity index (χ0) is 18.6. The normalized spacial score (nSPS) is 17.3. The van der Waals surface area contributed by atoms with Crippen molar-refractivity contribution in [2.24, 2.45) is 0 Å². The summed E-state index contributed by atoms with van der Waals surface area (Å²) in [5, 5.41) is 20.6. The van der Waals surface area contributed by atoms with Crippen molar-refractivity contribution in [1.29, 1.82) is 0 Å². The predicted molar refractivity (Wildman–Crippen MR) is 92.4 cm³/mol. The molecule has 1 aromatic carbocycles. The van der Waals surface area contributed by atoms with Crippen LogP contribution in [0.3, 0.4) is 0 Å². The van der Waals surface area contributed by atoms with Crippen LogP contribution in [0.25, 0.3) is 0 Å². The number of aliphatic hydroxyl groups excluding tert-OH is 1. The van der Waals surface area contributed by atoms with Gasteiger partial charge in [-0.2, -0.15) is 0 Å². The molecule has 1 atom stereocenters. The quantitative estimate of drug-likeness (QED) is 0.663.